The van der Waals surface area contributed by atoms with Crippen molar-refractivity contribution in [2.24, 2.45) is 0 Å². The fourth-order valence-electron chi connectivity index (χ4n) is 4.58. The number of fused-ring (bicyclic) bond motifs is 4. The Morgan fingerprint density at radius 3 is 2.97 bits per heavy atom. The van der Waals surface area contributed by atoms with E-state index in [2.05, 4.69) is 44.6 Å². The molecular weight excluding hydrogens is 391 g/mol. The molecule has 0 bridgehead atoms. The van der Waals surface area contributed by atoms with Crippen LogP contribution in [0.5, 0.6) is 0 Å². The molecule has 1 aliphatic rings. The van der Waals surface area contributed by atoms with Gasteiger partial charge in [-0.25, -0.2) is 9.37 Å². The molecule has 0 saturated heterocycles. The van der Waals surface area contributed by atoms with Crippen LogP contribution in [0.25, 0.3) is 27.8 Å². The van der Waals surface area contributed by atoms with E-state index in [4.69, 9.17) is 4.98 Å². The maximum Gasteiger partial charge on any atom is 0.160 e. The standard InChI is InChI=1S/C24H21FN6/c1-14-11-27-31-23(10-22(30-24(14)31)15-8-16(25)13-26-12-15)28-17-6-7-21-19(9-17)18-4-2-3-5-20(18)29-21/h2-5,8,10-13,17,28-29H,6-7,9H2,1H3. The van der Waals surface area contributed by atoms with Gasteiger partial charge in [-0.1, -0.05) is 18.2 Å². The fourth-order valence-corrected chi connectivity index (χ4v) is 4.58. The first-order valence-corrected chi connectivity index (χ1v) is 10.5. The predicted octanol–water partition coefficient (Wildman–Crippen LogP) is 4.69. The summed E-state index contributed by atoms with van der Waals surface area (Å²) in [5.41, 5.74) is 6.96. The SMILES string of the molecule is Cc1cnn2c(NC3CCc4[nH]c5ccccc5c4C3)cc(-c3cncc(F)c3)nc12. The molecule has 0 aliphatic heterocycles. The van der Waals surface area contributed by atoms with Gasteiger partial charge in [0.05, 0.1) is 18.1 Å². The zero-order valence-electron chi connectivity index (χ0n) is 17.1. The molecule has 5 aromatic rings. The molecule has 0 saturated carbocycles. The van der Waals surface area contributed by atoms with Crippen molar-refractivity contribution in [1.82, 2.24) is 24.6 Å². The van der Waals surface area contributed by atoms with Crippen molar-refractivity contribution in [2.45, 2.75) is 32.2 Å². The van der Waals surface area contributed by atoms with E-state index < -0.39 is 0 Å². The van der Waals surface area contributed by atoms with E-state index in [9.17, 15) is 4.39 Å². The molecule has 1 aromatic carbocycles. The lowest BCUT2D eigenvalue weighted by molar-refractivity contribution is 0.603. The molecule has 0 spiro atoms. The summed E-state index contributed by atoms with van der Waals surface area (Å²) >= 11 is 0. The number of hydrogen-bond acceptors (Lipinski definition) is 4. The van der Waals surface area contributed by atoms with Gasteiger partial charge >= 0.3 is 0 Å². The number of H-pyrrole nitrogens is 1. The number of benzene rings is 1. The second kappa shape index (κ2) is 6.91. The van der Waals surface area contributed by atoms with Crippen LogP contribution in [0.3, 0.4) is 0 Å². The van der Waals surface area contributed by atoms with Crippen molar-refractivity contribution in [3.8, 4) is 11.3 Å². The maximum atomic E-state index is 13.8. The Bertz CT molecular complexity index is 1430. The molecular formula is C24H21FN6. The molecule has 2 N–H and O–H groups in total. The number of aromatic amines is 1. The summed E-state index contributed by atoms with van der Waals surface area (Å²) in [5.74, 6) is 0.476. The zero-order valence-corrected chi connectivity index (χ0v) is 17.1. The van der Waals surface area contributed by atoms with E-state index in [0.29, 0.717) is 11.3 Å². The Hall–Kier alpha value is -3.74. The summed E-state index contributed by atoms with van der Waals surface area (Å²) in [7, 11) is 0. The van der Waals surface area contributed by atoms with Crippen LogP contribution in [0.1, 0.15) is 23.2 Å². The van der Waals surface area contributed by atoms with Gasteiger partial charge in [-0.05, 0) is 43.9 Å². The molecule has 0 fully saturated rings. The van der Waals surface area contributed by atoms with E-state index in [0.717, 1.165) is 36.3 Å². The number of halogens is 1. The van der Waals surface area contributed by atoms with E-state index in [-0.39, 0.29) is 11.9 Å². The Labute approximate surface area is 178 Å². The molecule has 4 aromatic heterocycles. The summed E-state index contributed by atoms with van der Waals surface area (Å²) in [4.78, 5) is 12.3. The van der Waals surface area contributed by atoms with Crippen molar-refractivity contribution >= 4 is 22.4 Å². The molecule has 4 heterocycles. The second-order valence-corrected chi connectivity index (χ2v) is 8.19. The van der Waals surface area contributed by atoms with Crippen LogP contribution in [0.15, 0.2) is 55.0 Å². The van der Waals surface area contributed by atoms with Gasteiger partial charge in [0.25, 0.3) is 0 Å². The molecule has 0 radical (unpaired) electrons. The van der Waals surface area contributed by atoms with E-state index in [1.54, 1.807) is 12.4 Å². The molecule has 7 heteroatoms. The largest absolute Gasteiger partial charge is 0.367 e. The minimum atomic E-state index is -0.377. The summed E-state index contributed by atoms with van der Waals surface area (Å²) in [5, 5.41) is 9.50. The fraction of sp³-hybridized carbons (Fsp3) is 0.208. The number of hydrogen-bond donors (Lipinski definition) is 2. The first kappa shape index (κ1) is 18.1. The first-order chi connectivity index (χ1) is 15.2. The number of nitrogens with zero attached hydrogens (tertiary/aromatic N) is 4. The summed E-state index contributed by atoms with van der Waals surface area (Å²) < 4.78 is 15.6. The quantitative estimate of drug-likeness (QED) is 0.451. The van der Waals surface area contributed by atoms with Gasteiger partial charge in [0.15, 0.2) is 5.65 Å². The third-order valence-corrected chi connectivity index (χ3v) is 6.10. The lowest BCUT2D eigenvalue weighted by Gasteiger charge is -2.25. The third-order valence-electron chi connectivity index (χ3n) is 6.10. The van der Waals surface area contributed by atoms with Gasteiger partial charge < -0.3 is 10.3 Å². The normalized spacial score (nSPS) is 16.0. The lowest BCUT2D eigenvalue weighted by Crippen LogP contribution is -2.28. The molecule has 6 rings (SSSR count). The summed E-state index contributed by atoms with van der Waals surface area (Å²) in [6.07, 6.45) is 7.58. The third kappa shape index (κ3) is 3.04. The maximum absolute atomic E-state index is 13.8. The molecule has 1 unspecified atom stereocenters. The number of pyridine rings is 1. The van der Waals surface area contributed by atoms with E-state index in [1.165, 1.54) is 34.4 Å². The average Bonchev–Trinajstić information content (AvgIpc) is 3.34. The van der Waals surface area contributed by atoms with Gasteiger partial charge in [-0.15, -0.1) is 0 Å². The van der Waals surface area contributed by atoms with Crippen molar-refractivity contribution in [3.05, 3.63) is 77.6 Å². The van der Waals surface area contributed by atoms with Gasteiger partial charge in [0, 0.05) is 46.0 Å². The van der Waals surface area contributed by atoms with Crippen LogP contribution in [-0.4, -0.2) is 30.6 Å². The zero-order chi connectivity index (χ0) is 20.9. The summed E-state index contributed by atoms with van der Waals surface area (Å²) in [6, 6.07) is 12.1. The highest BCUT2D eigenvalue weighted by molar-refractivity contribution is 5.85. The van der Waals surface area contributed by atoms with Crippen LogP contribution in [0.2, 0.25) is 0 Å². The van der Waals surface area contributed by atoms with Gasteiger partial charge in [-0.3, -0.25) is 4.98 Å². The number of aromatic nitrogens is 5. The van der Waals surface area contributed by atoms with Crippen LogP contribution < -0.4 is 5.32 Å². The van der Waals surface area contributed by atoms with Crippen LogP contribution >= 0.6 is 0 Å². The number of anilines is 1. The summed E-state index contributed by atoms with van der Waals surface area (Å²) in [6.45, 7) is 1.98. The number of rotatable bonds is 3. The smallest absolute Gasteiger partial charge is 0.160 e. The Morgan fingerprint density at radius 2 is 2.06 bits per heavy atom. The first-order valence-electron chi connectivity index (χ1n) is 10.5. The highest BCUT2D eigenvalue weighted by Crippen LogP contribution is 2.31. The lowest BCUT2D eigenvalue weighted by atomic mass is 9.91. The van der Waals surface area contributed by atoms with Gasteiger partial charge in [0.2, 0.25) is 0 Å². The van der Waals surface area contributed by atoms with Crippen molar-refractivity contribution in [3.63, 3.8) is 0 Å². The molecule has 0 amide bonds. The van der Waals surface area contributed by atoms with Crippen molar-refractivity contribution < 1.29 is 4.39 Å². The second-order valence-electron chi connectivity index (χ2n) is 8.19. The molecule has 6 nitrogen and oxygen atoms in total. The molecule has 1 atom stereocenters. The van der Waals surface area contributed by atoms with E-state index >= 15 is 0 Å². The average molecular weight is 412 g/mol. The molecule has 154 valence electrons. The Balaban J connectivity index is 1.39. The van der Waals surface area contributed by atoms with Crippen molar-refractivity contribution in [1.29, 1.82) is 0 Å². The van der Waals surface area contributed by atoms with Gasteiger partial charge in [-0.2, -0.15) is 9.61 Å². The van der Waals surface area contributed by atoms with E-state index in [1.807, 2.05) is 17.5 Å². The monoisotopic (exact) mass is 412 g/mol. The Morgan fingerprint density at radius 1 is 1.16 bits per heavy atom. The molecule has 31 heavy (non-hydrogen) atoms. The predicted molar refractivity (Wildman–Crippen MR) is 119 cm³/mol. The van der Waals surface area contributed by atoms with Crippen LogP contribution in [0, 0.1) is 12.7 Å². The highest BCUT2D eigenvalue weighted by atomic mass is 19.1. The topological polar surface area (TPSA) is 70.9 Å². The van der Waals surface area contributed by atoms with Crippen molar-refractivity contribution in [2.75, 3.05) is 5.32 Å². The number of nitrogens with one attached hydrogen (secondary N) is 2. The minimum absolute atomic E-state index is 0.264. The molecule has 1 aliphatic carbocycles. The van der Waals surface area contributed by atoms with Crippen LogP contribution in [-0.2, 0) is 12.8 Å². The highest BCUT2D eigenvalue weighted by Gasteiger charge is 2.23. The minimum Gasteiger partial charge on any atom is -0.367 e. The van der Waals surface area contributed by atoms with Gasteiger partial charge in [0.1, 0.15) is 11.6 Å². The Kier molecular flexibility index (Phi) is 4.02. The number of para-hydroxylation sites is 1. The number of aryl methyl sites for hydroxylation is 2. The van der Waals surface area contributed by atoms with Crippen LogP contribution in [0.4, 0.5) is 10.2 Å².